The highest BCUT2D eigenvalue weighted by Crippen LogP contribution is 2.38. The average Bonchev–Trinajstić information content (AvgIpc) is 3.36. The standard InChI is InChI=1S/C20H18N4O3/c1-2-23-14-6-4-3-5-13(14)22-20(23)18-15(25)10-24(19(18)21)12-7-8-16-17(9-12)27-11-26-16/h3-9,21,25H,2,10-11H2,1H3. The van der Waals surface area contributed by atoms with E-state index in [-0.39, 0.29) is 24.9 Å². The number of aliphatic hydroxyl groups is 1. The zero-order chi connectivity index (χ0) is 18.5. The first-order valence-electron chi connectivity index (χ1n) is 8.81. The normalized spacial score (nSPS) is 16.0. The third-order valence-corrected chi connectivity index (χ3v) is 4.97. The number of para-hydroxylation sites is 2. The van der Waals surface area contributed by atoms with Gasteiger partial charge in [-0.2, -0.15) is 0 Å². The van der Waals surface area contributed by atoms with Crippen LogP contribution in [0.5, 0.6) is 11.5 Å². The molecule has 1 aromatic heterocycles. The summed E-state index contributed by atoms with van der Waals surface area (Å²) >= 11 is 0. The van der Waals surface area contributed by atoms with Crippen molar-refractivity contribution in [3.63, 3.8) is 0 Å². The van der Waals surface area contributed by atoms with Crippen LogP contribution in [0.4, 0.5) is 5.69 Å². The second-order valence-corrected chi connectivity index (χ2v) is 6.46. The van der Waals surface area contributed by atoms with Gasteiger partial charge in [0, 0.05) is 18.3 Å². The highest BCUT2D eigenvalue weighted by molar-refractivity contribution is 6.30. The summed E-state index contributed by atoms with van der Waals surface area (Å²) in [4.78, 5) is 6.43. The minimum absolute atomic E-state index is 0.141. The van der Waals surface area contributed by atoms with Crippen molar-refractivity contribution < 1.29 is 14.6 Å². The van der Waals surface area contributed by atoms with E-state index in [1.807, 2.05) is 54.0 Å². The zero-order valence-electron chi connectivity index (χ0n) is 14.8. The molecule has 2 aromatic carbocycles. The van der Waals surface area contributed by atoms with Crippen molar-refractivity contribution in [3.05, 3.63) is 54.0 Å². The number of imidazole rings is 1. The van der Waals surface area contributed by atoms with E-state index in [1.165, 1.54) is 0 Å². The Morgan fingerprint density at radius 1 is 1.15 bits per heavy atom. The second kappa shape index (κ2) is 5.77. The quantitative estimate of drug-likeness (QED) is 0.744. The van der Waals surface area contributed by atoms with Crippen LogP contribution in [-0.2, 0) is 6.54 Å². The molecule has 0 fully saturated rings. The predicted molar refractivity (Wildman–Crippen MR) is 103 cm³/mol. The lowest BCUT2D eigenvalue weighted by atomic mass is 10.2. The van der Waals surface area contributed by atoms with E-state index in [4.69, 9.17) is 14.9 Å². The van der Waals surface area contributed by atoms with Gasteiger partial charge in [-0.15, -0.1) is 0 Å². The Kier molecular flexibility index (Phi) is 3.36. The van der Waals surface area contributed by atoms with Gasteiger partial charge in [0.1, 0.15) is 17.4 Å². The van der Waals surface area contributed by atoms with Gasteiger partial charge in [-0.3, -0.25) is 5.41 Å². The maximum Gasteiger partial charge on any atom is 0.231 e. The number of ether oxygens (including phenoxy) is 2. The summed E-state index contributed by atoms with van der Waals surface area (Å²) in [7, 11) is 0. The summed E-state index contributed by atoms with van der Waals surface area (Å²) in [5.41, 5.74) is 3.07. The number of aliphatic hydroxyl groups excluding tert-OH is 1. The third-order valence-electron chi connectivity index (χ3n) is 4.97. The van der Waals surface area contributed by atoms with E-state index < -0.39 is 0 Å². The number of aromatic nitrogens is 2. The molecular weight excluding hydrogens is 344 g/mol. The highest BCUT2D eigenvalue weighted by atomic mass is 16.7. The highest BCUT2D eigenvalue weighted by Gasteiger charge is 2.33. The summed E-state index contributed by atoms with van der Waals surface area (Å²) in [5.74, 6) is 2.31. The molecule has 2 aliphatic rings. The molecule has 0 amide bonds. The summed E-state index contributed by atoms with van der Waals surface area (Å²) in [6, 6.07) is 13.4. The molecule has 2 N–H and O–H groups in total. The van der Waals surface area contributed by atoms with E-state index in [0.717, 1.165) is 16.7 Å². The zero-order valence-corrected chi connectivity index (χ0v) is 14.8. The van der Waals surface area contributed by atoms with Crippen LogP contribution in [0.25, 0.3) is 16.6 Å². The van der Waals surface area contributed by atoms with E-state index in [1.54, 1.807) is 4.90 Å². The number of anilines is 1. The van der Waals surface area contributed by atoms with Crippen LogP contribution < -0.4 is 14.4 Å². The van der Waals surface area contributed by atoms with E-state index in [2.05, 4.69) is 4.98 Å². The number of hydrogen-bond donors (Lipinski definition) is 2. The lowest BCUT2D eigenvalue weighted by Gasteiger charge is -2.19. The molecule has 0 atom stereocenters. The first kappa shape index (κ1) is 15.7. The van der Waals surface area contributed by atoms with E-state index in [9.17, 15) is 5.11 Å². The molecule has 0 saturated carbocycles. The molecule has 3 aromatic rings. The first-order chi connectivity index (χ1) is 13.2. The van der Waals surface area contributed by atoms with Gasteiger partial charge in [-0.25, -0.2) is 4.98 Å². The number of nitrogens with zero attached hydrogens (tertiary/aromatic N) is 3. The maximum absolute atomic E-state index is 10.7. The fourth-order valence-corrected chi connectivity index (χ4v) is 3.67. The molecule has 0 saturated heterocycles. The Labute approximate surface area is 155 Å². The van der Waals surface area contributed by atoms with Gasteiger partial charge < -0.3 is 24.0 Å². The molecule has 0 unspecified atom stereocenters. The molecule has 7 nitrogen and oxygen atoms in total. The fourth-order valence-electron chi connectivity index (χ4n) is 3.67. The van der Waals surface area contributed by atoms with Crippen LogP contribution in [0.2, 0.25) is 0 Å². The molecule has 5 rings (SSSR count). The Morgan fingerprint density at radius 3 is 2.81 bits per heavy atom. The number of hydrogen-bond acceptors (Lipinski definition) is 5. The molecule has 0 bridgehead atoms. The molecule has 3 heterocycles. The Bertz CT molecular complexity index is 1120. The number of benzene rings is 2. The van der Waals surface area contributed by atoms with Crippen LogP contribution in [-0.4, -0.2) is 33.8 Å². The van der Waals surface area contributed by atoms with Crippen molar-refractivity contribution in [3.8, 4) is 11.5 Å². The van der Waals surface area contributed by atoms with Crippen LogP contribution in [0.1, 0.15) is 12.7 Å². The first-order valence-corrected chi connectivity index (χ1v) is 8.81. The van der Waals surface area contributed by atoms with Gasteiger partial charge in [0.25, 0.3) is 0 Å². The summed E-state index contributed by atoms with van der Waals surface area (Å²) in [5, 5.41) is 19.4. The summed E-state index contributed by atoms with van der Waals surface area (Å²) in [6.07, 6.45) is 0. The maximum atomic E-state index is 10.7. The molecule has 0 aliphatic carbocycles. The van der Waals surface area contributed by atoms with Crippen LogP contribution in [0.15, 0.2) is 48.2 Å². The van der Waals surface area contributed by atoms with Gasteiger partial charge >= 0.3 is 0 Å². The SMILES string of the molecule is CCn1c(C2=C(O)CN(c3ccc4c(c3)OCO4)C2=N)nc2ccccc21. The predicted octanol–water partition coefficient (Wildman–Crippen LogP) is 3.55. The number of aryl methyl sites for hydroxylation is 1. The van der Waals surface area contributed by atoms with E-state index in [0.29, 0.717) is 29.4 Å². The topological polar surface area (TPSA) is 83.6 Å². The number of amidine groups is 1. The number of rotatable bonds is 3. The second-order valence-electron chi connectivity index (χ2n) is 6.46. The molecule has 0 radical (unpaired) electrons. The molecular formula is C20H18N4O3. The average molecular weight is 362 g/mol. The summed E-state index contributed by atoms with van der Waals surface area (Å²) in [6.45, 7) is 3.15. The lowest BCUT2D eigenvalue weighted by molar-refractivity contribution is 0.174. The molecule has 2 aliphatic heterocycles. The third kappa shape index (κ3) is 2.28. The monoisotopic (exact) mass is 362 g/mol. The van der Waals surface area contributed by atoms with E-state index >= 15 is 0 Å². The number of nitrogens with one attached hydrogen (secondary N) is 1. The molecule has 0 spiro atoms. The van der Waals surface area contributed by atoms with Crippen LogP contribution >= 0.6 is 0 Å². The number of fused-ring (bicyclic) bond motifs is 2. The fraction of sp³-hybridized carbons (Fsp3) is 0.200. The van der Waals surface area contributed by atoms with Gasteiger partial charge in [0.2, 0.25) is 6.79 Å². The van der Waals surface area contributed by atoms with Crippen molar-refractivity contribution in [2.45, 2.75) is 13.5 Å². The van der Waals surface area contributed by atoms with Gasteiger partial charge in [0.05, 0.1) is 23.2 Å². The van der Waals surface area contributed by atoms with Crippen molar-refractivity contribution in [1.82, 2.24) is 9.55 Å². The van der Waals surface area contributed by atoms with Crippen molar-refractivity contribution >= 4 is 28.1 Å². The van der Waals surface area contributed by atoms with Gasteiger partial charge in [-0.1, -0.05) is 12.1 Å². The van der Waals surface area contributed by atoms with Crippen LogP contribution in [0, 0.1) is 5.41 Å². The van der Waals surface area contributed by atoms with Crippen molar-refractivity contribution in [2.24, 2.45) is 0 Å². The van der Waals surface area contributed by atoms with Crippen LogP contribution in [0.3, 0.4) is 0 Å². The Hall–Kier alpha value is -3.48. The molecule has 27 heavy (non-hydrogen) atoms. The van der Waals surface area contributed by atoms with Crippen molar-refractivity contribution in [1.29, 1.82) is 5.41 Å². The van der Waals surface area contributed by atoms with Crippen molar-refractivity contribution in [2.75, 3.05) is 18.2 Å². The van der Waals surface area contributed by atoms with Gasteiger partial charge in [0.15, 0.2) is 11.5 Å². The smallest absolute Gasteiger partial charge is 0.231 e. The summed E-state index contributed by atoms with van der Waals surface area (Å²) < 4.78 is 12.8. The van der Waals surface area contributed by atoms with Gasteiger partial charge in [-0.05, 0) is 31.2 Å². The molecule has 136 valence electrons. The minimum atomic E-state index is 0.141. The minimum Gasteiger partial charge on any atom is -0.509 e. The largest absolute Gasteiger partial charge is 0.509 e. The Morgan fingerprint density at radius 2 is 1.96 bits per heavy atom. The lowest BCUT2D eigenvalue weighted by Crippen LogP contribution is -2.26. The Balaban J connectivity index is 1.57. The molecule has 7 heteroatoms.